The number of nitrogens with zero attached hydrogens (tertiary/aromatic N) is 1. The van der Waals surface area contributed by atoms with E-state index >= 15 is 0 Å². The highest BCUT2D eigenvalue weighted by Gasteiger charge is 2.38. The van der Waals surface area contributed by atoms with Crippen LogP contribution in [-0.2, 0) is 4.79 Å². The molecule has 3 unspecified atom stereocenters. The first-order valence-electron chi connectivity index (χ1n) is 7.79. The second-order valence-electron chi connectivity index (χ2n) is 6.27. The summed E-state index contributed by atoms with van der Waals surface area (Å²) in [4.78, 5) is 12.4. The minimum atomic E-state index is -0.0434. The predicted octanol–water partition coefficient (Wildman–Crippen LogP) is 2.84. The van der Waals surface area contributed by atoms with Crippen LogP contribution in [0.1, 0.15) is 32.1 Å². The van der Waals surface area contributed by atoms with Gasteiger partial charge in [0.15, 0.2) is 0 Å². The maximum atomic E-state index is 12.4. The Morgan fingerprint density at radius 2 is 2.14 bits per heavy atom. The van der Waals surface area contributed by atoms with E-state index in [4.69, 9.17) is 0 Å². The van der Waals surface area contributed by atoms with E-state index in [0.29, 0.717) is 12.0 Å². The first-order valence-corrected chi connectivity index (χ1v) is 7.79. The number of anilines is 1. The van der Waals surface area contributed by atoms with E-state index in [0.717, 1.165) is 23.0 Å². The summed E-state index contributed by atoms with van der Waals surface area (Å²) in [6, 6.07) is 6.32. The third-order valence-corrected chi connectivity index (χ3v) is 4.89. The van der Waals surface area contributed by atoms with Crippen LogP contribution in [0.2, 0.25) is 0 Å². The molecule has 2 fully saturated rings. The first kappa shape index (κ1) is 15.3. The molecule has 1 amide bonds. The van der Waals surface area contributed by atoms with Gasteiger partial charge in [0, 0.05) is 17.1 Å². The number of halogens is 1. The van der Waals surface area contributed by atoms with Gasteiger partial charge in [-0.3, -0.25) is 9.89 Å². The maximum absolute atomic E-state index is 12.4. The van der Waals surface area contributed by atoms with Crippen molar-refractivity contribution in [1.82, 2.24) is 15.5 Å². The summed E-state index contributed by atoms with van der Waals surface area (Å²) in [6.45, 7) is 0. The molecule has 0 spiro atoms. The van der Waals surface area contributed by atoms with Crippen LogP contribution >= 0.6 is 12.4 Å². The van der Waals surface area contributed by atoms with Crippen LogP contribution in [0.4, 0.5) is 5.69 Å². The molecule has 2 heterocycles. The third kappa shape index (κ3) is 2.83. The molecule has 0 radical (unpaired) electrons. The van der Waals surface area contributed by atoms with Gasteiger partial charge in [0.25, 0.3) is 0 Å². The predicted molar refractivity (Wildman–Crippen MR) is 89.3 cm³/mol. The molecule has 22 heavy (non-hydrogen) atoms. The Labute approximate surface area is 135 Å². The number of amides is 1. The zero-order chi connectivity index (χ0) is 14.2. The minimum Gasteiger partial charge on any atom is -0.325 e. The van der Waals surface area contributed by atoms with E-state index in [1.54, 1.807) is 6.20 Å². The maximum Gasteiger partial charge on any atom is 0.241 e. The van der Waals surface area contributed by atoms with Crippen LogP contribution in [-0.4, -0.2) is 28.2 Å². The number of carbonyl (C=O) groups excluding carboxylic acids is 1. The lowest BCUT2D eigenvalue weighted by molar-refractivity contribution is -0.117. The molecular weight excluding hydrogens is 300 g/mol. The highest BCUT2D eigenvalue weighted by molar-refractivity contribution is 5.97. The molecule has 4 rings (SSSR count). The average Bonchev–Trinajstić information content (AvgIpc) is 3.13. The molecule has 0 bridgehead atoms. The Morgan fingerprint density at radius 1 is 1.27 bits per heavy atom. The summed E-state index contributed by atoms with van der Waals surface area (Å²) in [5.74, 6) is 0.776. The van der Waals surface area contributed by atoms with Gasteiger partial charge in [0.05, 0.1) is 17.8 Å². The summed E-state index contributed by atoms with van der Waals surface area (Å²) in [7, 11) is 0. The Morgan fingerprint density at radius 3 is 3.00 bits per heavy atom. The molecule has 2 aromatic rings. The molecule has 1 saturated carbocycles. The standard InChI is InChI=1S/C16H20N4O.ClH/c21-16(15-8-10-3-1-2-4-13(10)19-15)18-12-5-6-14-11(7-12)9-17-20-14;/h5-7,9-10,13,15,19H,1-4,8H2,(H,17,20)(H,18,21);1H. The van der Waals surface area contributed by atoms with E-state index in [9.17, 15) is 4.79 Å². The summed E-state index contributed by atoms with van der Waals surface area (Å²) in [5, 5.41) is 14.5. The van der Waals surface area contributed by atoms with Gasteiger partial charge in [-0.15, -0.1) is 12.4 Å². The van der Waals surface area contributed by atoms with E-state index in [1.807, 2.05) is 18.2 Å². The fraction of sp³-hybridized carbons (Fsp3) is 0.500. The number of carbonyl (C=O) groups is 1. The van der Waals surface area contributed by atoms with Crippen molar-refractivity contribution in [2.75, 3.05) is 5.32 Å². The summed E-state index contributed by atoms with van der Waals surface area (Å²) in [6.07, 6.45) is 7.84. The number of benzene rings is 1. The van der Waals surface area contributed by atoms with Gasteiger partial charge in [0.1, 0.15) is 0 Å². The zero-order valence-corrected chi connectivity index (χ0v) is 13.2. The van der Waals surface area contributed by atoms with E-state index in [1.165, 1.54) is 25.7 Å². The number of aromatic nitrogens is 2. The van der Waals surface area contributed by atoms with Crippen molar-refractivity contribution in [3.05, 3.63) is 24.4 Å². The Hall–Kier alpha value is -1.59. The van der Waals surface area contributed by atoms with Crippen molar-refractivity contribution in [3.8, 4) is 0 Å². The second kappa shape index (κ2) is 6.26. The van der Waals surface area contributed by atoms with Gasteiger partial charge >= 0.3 is 0 Å². The molecule has 2 aliphatic rings. The average molecular weight is 321 g/mol. The molecule has 1 aromatic heterocycles. The number of fused-ring (bicyclic) bond motifs is 2. The van der Waals surface area contributed by atoms with Crippen molar-refractivity contribution in [2.45, 2.75) is 44.2 Å². The summed E-state index contributed by atoms with van der Waals surface area (Å²) < 4.78 is 0. The van der Waals surface area contributed by atoms with Crippen LogP contribution in [0.5, 0.6) is 0 Å². The quantitative estimate of drug-likeness (QED) is 0.797. The number of rotatable bonds is 2. The lowest BCUT2D eigenvalue weighted by Crippen LogP contribution is -2.39. The molecule has 1 aliphatic heterocycles. The van der Waals surface area contributed by atoms with E-state index < -0.39 is 0 Å². The molecule has 1 aromatic carbocycles. The summed E-state index contributed by atoms with van der Waals surface area (Å²) in [5.41, 5.74) is 1.82. The van der Waals surface area contributed by atoms with Crippen LogP contribution < -0.4 is 10.6 Å². The number of nitrogens with one attached hydrogen (secondary N) is 3. The fourth-order valence-corrected chi connectivity index (χ4v) is 3.77. The van der Waals surface area contributed by atoms with Gasteiger partial charge in [0.2, 0.25) is 5.91 Å². The Bertz CT molecular complexity index is 657. The van der Waals surface area contributed by atoms with Gasteiger partial charge in [-0.05, 0) is 43.4 Å². The number of hydrogen-bond acceptors (Lipinski definition) is 3. The first-order chi connectivity index (χ1) is 10.3. The molecule has 6 heteroatoms. The van der Waals surface area contributed by atoms with Crippen molar-refractivity contribution in [3.63, 3.8) is 0 Å². The Kier molecular flexibility index (Phi) is 4.36. The number of hydrogen-bond donors (Lipinski definition) is 3. The lowest BCUT2D eigenvalue weighted by Gasteiger charge is -2.24. The molecular formula is C16H21ClN4O. The monoisotopic (exact) mass is 320 g/mol. The second-order valence-corrected chi connectivity index (χ2v) is 6.27. The topological polar surface area (TPSA) is 69.8 Å². The van der Waals surface area contributed by atoms with Crippen molar-refractivity contribution >= 4 is 34.9 Å². The minimum absolute atomic E-state index is 0. The zero-order valence-electron chi connectivity index (χ0n) is 12.3. The fourth-order valence-electron chi connectivity index (χ4n) is 3.77. The van der Waals surface area contributed by atoms with Crippen LogP contribution in [0.3, 0.4) is 0 Å². The molecule has 118 valence electrons. The largest absolute Gasteiger partial charge is 0.325 e. The van der Waals surface area contributed by atoms with Crippen LogP contribution in [0, 0.1) is 5.92 Å². The molecule has 1 aliphatic carbocycles. The molecule has 5 nitrogen and oxygen atoms in total. The highest BCUT2D eigenvalue weighted by atomic mass is 35.5. The molecule has 3 atom stereocenters. The van der Waals surface area contributed by atoms with Crippen molar-refractivity contribution in [2.24, 2.45) is 5.92 Å². The normalized spacial score (nSPS) is 27.2. The van der Waals surface area contributed by atoms with Gasteiger partial charge < -0.3 is 10.6 Å². The van der Waals surface area contributed by atoms with Crippen LogP contribution in [0.25, 0.3) is 10.9 Å². The van der Waals surface area contributed by atoms with E-state index in [-0.39, 0.29) is 24.4 Å². The van der Waals surface area contributed by atoms with Crippen molar-refractivity contribution in [1.29, 1.82) is 0 Å². The van der Waals surface area contributed by atoms with E-state index in [2.05, 4.69) is 20.8 Å². The smallest absolute Gasteiger partial charge is 0.241 e. The number of H-pyrrole nitrogens is 1. The number of aromatic amines is 1. The molecule has 3 N–H and O–H groups in total. The lowest BCUT2D eigenvalue weighted by atomic mass is 9.85. The summed E-state index contributed by atoms with van der Waals surface area (Å²) >= 11 is 0. The molecule has 1 saturated heterocycles. The highest BCUT2D eigenvalue weighted by Crippen LogP contribution is 2.33. The SMILES string of the molecule is Cl.O=C(Nc1ccc2[nH]ncc2c1)C1CC2CCCCC2N1. The van der Waals surface area contributed by atoms with Crippen molar-refractivity contribution < 1.29 is 4.79 Å². The van der Waals surface area contributed by atoms with Crippen LogP contribution in [0.15, 0.2) is 24.4 Å². The third-order valence-electron chi connectivity index (χ3n) is 4.89. The van der Waals surface area contributed by atoms with Gasteiger partial charge in [-0.25, -0.2) is 0 Å². The Balaban J connectivity index is 0.00000144. The van der Waals surface area contributed by atoms with Gasteiger partial charge in [-0.1, -0.05) is 12.8 Å². The van der Waals surface area contributed by atoms with Gasteiger partial charge in [-0.2, -0.15) is 5.10 Å².